The highest BCUT2D eigenvalue weighted by Gasteiger charge is 2.28. The van der Waals surface area contributed by atoms with E-state index in [2.05, 4.69) is 56.6 Å². The molecule has 0 amide bonds. The molecule has 2 aliphatic rings. The first-order chi connectivity index (χ1) is 11.3. The number of aryl methyl sites for hydroxylation is 1. The molecular weight excluding hydrogens is 348 g/mol. The molecule has 0 spiro atoms. The SMILES string of the molecule is Brc1ccc(Cc2ccc3c(c2)CCC(C2CCC2)CN3)nc1. The normalized spacial score (nSPS) is 21.0. The molecule has 4 rings (SSSR count). The van der Waals surface area contributed by atoms with Crippen LogP contribution in [0.3, 0.4) is 0 Å². The molecule has 0 bridgehead atoms. The lowest BCUT2D eigenvalue weighted by Crippen LogP contribution is -2.27. The van der Waals surface area contributed by atoms with Gasteiger partial charge in [-0.05, 0) is 69.9 Å². The number of benzene rings is 1. The molecule has 0 saturated heterocycles. The highest BCUT2D eigenvalue weighted by Crippen LogP contribution is 2.38. The number of rotatable bonds is 3. The largest absolute Gasteiger partial charge is 0.385 e. The number of fused-ring (bicyclic) bond motifs is 1. The van der Waals surface area contributed by atoms with E-state index in [1.165, 1.54) is 48.9 Å². The van der Waals surface area contributed by atoms with Crippen LogP contribution in [0.15, 0.2) is 41.0 Å². The molecule has 1 fully saturated rings. The van der Waals surface area contributed by atoms with Gasteiger partial charge in [0.25, 0.3) is 0 Å². The van der Waals surface area contributed by atoms with Crippen molar-refractivity contribution in [3.8, 4) is 0 Å². The summed E-state index contributed by atoms with van der Waals surface area (Å²) in [6.07, 6.45) is 9.68. The van der Waals surface area contributed by atoms with E-state index in [-0.39, 0.29) is 0 Å². The van der Waals surface area contributed by atoms with E-state index < -0.39 is 0 Å². The highest BCUT2D eigenvalue weighted by atomic mass is 79.9. The predicted molar refractivity (Wildman–Crippen MR) is 98.8 cm³/mol. The van der Waals surface area contributed by atoms with Crippen LogP contribution in [-0.4, -0.2) is 11.5 Å². The molecule has 1 atom stereocenters. The van der Waals surface area contributed by atoms with Gasteiger partial charge in [0.2, 0.25) is 0 Å². The standard InChI is InChI=1S/C20H23BrN2/c21-18-7-8-19(22-13-18)11-14-4-9-20-16(10-14)5-6-17(12-23-20)15-2-1-3-15/h4,7-10,13,15,17,23H,1-3,5-6,11-12H2. The third kappa shape index (κ3) is 3.45. The van der Waals surface area contributed by atoms with E-state index in [0.29, 0.717) is 0 Å². The maximum atomic E-state index is 4.50. The molecule has 1 aromatic heterocycles. The van der Waals surface area contributed by atoms with E-state index in [1.807, 2.05) is 6.20 Å². The van der Waals surface area contributed by atoms with Crippen molar-refractivity contribution in [3.63, 3.8) is 0 Å². The van der Waals surface area contributed by atoms with Crippen molar-refractivity contribution in [2.45, 2.75) is 38.5 Å². The zero-order valence-electron chi connectivity index (χ0n) is 13.4. The van der Waals surface area contributed by atoms with Gasteiger partial charge >= 0.3 is 0 Å². The molecule has 2 heterocycles. The van der Waals surface area contributed by atoms with E-state index in [4.69, 9.17) is 0 Å². The third-order valence-corrected chi connectivity index (χ3v) is 5.97. The Morgan fingerprint density at radius 3 is 2.74 bits per heavy atom. The van der Waals surface area contributed by atoms with Gasteiger partial charge in [0.15, 0.2) is 0 Å². The summed E-state index contributed by atoms with van der Waals surface area (Å²) in [6.45, 7) is 1.16. The van der Waals surface area contributed by atoms with Gasteiger partial charge in [0.1, 0.15) is 0 Å². The lowest BCUT2D eigenvalue weighted by Gasteiger charge is -2.33. The fourth-order valence-electron chi connectivity index (χ4n) is 3.85. The Morgan fingerprint density at radius 2 is 2.00 bits per heavy atom. The molecule has 1 saturated carbocycles. The van der Waals surface area contributed by atoms with Crippen LogP contribution in [0.4, 0.5) is 5.69 Å². The smallest absolute Gasteiger partial charge is 0.0448 e. The summed E-state index contributed by atoms with van der Waals surface area (Å²) in [5.74, 6) is 1.84. The number of hydrogen-bond acceptors (Lipinski definition) is 2. The second-order valence-electron chi connectivity index (χ2n) is 7.01. The van der Waals surface area contributed by atoms with Crippen molar-refractivity contribution in [2.75, 3.05) is 11.9 Å². The minimum absolute atomic E-state index is 0.868. The lowest BCUT2D eigenvalue weighted by molar-refractivity contribution is 0.206. The van der Waals surface area contributed by atoms with Crippen LogP contribution in [0.5, 0.6) is 0 Å². The van der Waals surface area contributed by atoms with Gasteiger partial charge < -0.3 is 5.32 Å². The van der Waals surface area contributed by atoms with Crippen LogP contribution >= 0.6 is 15.9 Å². The molecule has 1 aliphatic heterocycles. The molecule has 2 nitrogen and oxygen atoms in total. The van der Waals surface area contributed by atoms with Gasteiger partial charge in [-0.3, -0.25) is 4.98 Å². The molecule has 0 radical (unpaired) electrons. The van der Waals surface area contributed by atoms with Crippen molar-refractivity contribution in [1.29, 1.82) is 0 Å². The van der Waals surface area contributed by atoms with Crippen molar-refractivity contribution < 1.29 is 0 Å². The van der Waals surface area contributed by atoms with Gasteiger partial charge in [-0.2, -0.15) is 0 Å². The first-order valence-corrected chi connectivity index (χ1v) is 9.53. The molecule has 1 unspecified atom stereocenters. The molecule has 3 heteroatoms. The third-order valence-electron chi connectivity index (χ3n) is 5.50. The summed E-state index contributed by atoms with van der Waals surface area (Å²) < 4.78 is 1.04. The van der Waals surface area contributed by atoms with Crippen LogP contribution in [0.25, 0.3) is 0 Å². The van der Waals surface area contributed by atoms with Crippen LogP contribution < -0.4 is 5.32 Å². The Kier molecular flexibility index (Phi) is 4.39. The summed E-state index contributed by atoms with van der Waals surface area (Å²) in [4.78, 5) is 4.50. The molecule has 1 N–H and O–H groups in total. The molecule has 120 valence electrons. The first kappa shape index (κ1) is 15.2. The fraction of sp³-hybridized carbons (Fsp3) is 0.450. The number of pyridine rings is 1. The Bertz CT molecular complexity index is 677. The van der Waals surface area contributed by atoms with Gasteiger partial charge in [-0.15, -0.1) is 0 Å². The number of halogens is 1. The van der Waals surface area contributed by atoms with Crippen LogP contribution in [0.1, 0.15) is 42.5 Å². The second-order valence-corrected chi connectivity index (χ2v) is 7.92. The van der Waals surface area contributed by atoms with E-state index >= 15 is 0 Å². The number of hydrogen-bond donors (Lipinski definition) is 1. The van der Waals surface area contributed by atoms with Gasteiger partial charge in [0.05, 0.1) is 0 Å². The van der Waals surface area contributed by atoms with Crippen molar-refractivity contribution in [2.24, 2.45) is 11.8 Å². The van der Waals surface area contributed by atoms with E-state index in [1.54, 1.807) is 0 Å². The lowest BCUT2D eigenvalue weighted by atomic mass is 9.74. The summed E-state index contributed by atoms with van der Waals surface area (Å²) in [5.41, 5.74) is 5.32. The predicted octanol–water partition coefficient (Wildman–Crippen LogP) is 5.21. The first-order valence-electron chi connectivity index (χ1n) is 8.74. The van der Waals surface area contributed by atoms with Crippen molar-refractivity contribution in [3.05, 3.63) is 57.8 Å². The number of nitrogens with one attached hydrogen (secondary N) is 1. The zero-order valence-corrected chi connectivity index (χ0v) is 15.0. The van der Waals surface area contributed by atoms with Gasteiger partial charge in [-0.25, -0.2) is 0 Å². The summed E-state index contributed by atoms with van der Waals surface area (Å²) in [6, 6.07) is 11.1. The maximum absolute atomic E-state index is 4.50. The van der Waals surface area contributed by atoms with Crippen molar-refractivity contribution in [1.82, 2.24) is 4.98 Å². The average molecular weight is 371 g/mol. The minimum atomic E-state index is 0.868. The number of nitrogens with zero attached hydrogens (tertiary/aromatic N) is 1. The van der Waals surface area contributed by atoms with Gasteiger partial charge in [-0.1, -0.05) is 31.4 Å². The molecule has 1 aromatic carbocycles. The number of aromatic nitrogens is 1. The monoisotopic (exact) mass is 370 g/mol. The Balaban J connectivity index is 1.48. The quantitative estimate of drug-likeness (QED) is 0.801. The summed E-state index contributed by atoms with van der Waals surface area (Å²) in [5, 5.41) is 3.70. The highest BCUT2D eigenvalue weighted by molar-refractivity contribution is 9.10. The van der Waals surface area contributed by atoms with Crippen LogP contribution in [0, 0.1) is 11.8 Å². The topological polar surface area (TPSA) is 24.9 Å². The maximum Gasteiger partial charge on any atom is 0.0448 e. The van der Waals surface area contributed by atoms with Crippen LogP contribution in [0.2, 0.25) is 0 Å². The Hall–Kier alpha value is -1.35. The molecule has 2 aromatic rings. The summed E-state index contributed by atoms with van der Waals surface area (Å²) >= 11 is 3.45. The zero-order chi connectivity index (χ0) is 15.6. The van der Waals surface area contributed by atoms with Crippen molar-refractivity contribution >= 4 is 21.6 Å². The molecule has 1 aliphatic carbocycles. The van der Waals surface area contributed by atoms with Gasteiger partial charge in [0, 0.05) is 35.0 Å². The van der Waals surface area contributed by atoms with E-state index in [9.17, 15) is 0 Å². The Labute approximate surface area is 146 Å². The Morgan fingerprint density at radius 1 is 1.09 bits per heavy atom. The fourth-order valence-corrected chi connectivity index (χ4v) is 4.09. The average Bonchev–Trinajstić information content (AvgIpc) is 2.71. The summed E-state index contributed by atoms with van der Waals surface area (Å²) in [7, 11) is 0. The molecule has 23 heavy (non-hydrogen) atoms. The van der Waals surface area contributed by atoms with E-state index in [0.717, 1.165) is 35.0 Å². The minimum Gasteiger partial charge on any atom is -0.385 e. The molecular formula is C20H23BrN2. The second kappa shape index (κ2) is 6.64. The van der Waals surface area contributed by atoms with Crippen LogP contribution in [-0.2, 0) is 12.8 Å². The number of anilines is 1.